The average molecular weight is 286 g/mol. The highest BCUT2D eigenvalue weighted by Crippen LogP contribution is 2.30. The first-order chi connectivity index (χ1) is 8.85. The number of methoxy groups -OCH3 is 1. The molecule has 7 heteroatoms. The molecule has 0 aliphatic rings. The number of carbonyl (C=O) groups excluding carboxylic acids is 2. The summed E-state index contributed by atoms with van der Waals surface area (Å²) in [4.78, 5) is 22.5. The maximum atomic E-state index is 11.8. The molecule has 0 aliphatic heterocycles. The van der Waals surface area contributed by atoms with Crippen LogP contribution >= 0.6 is 11.6 Å². The number of ether oxygens (including phenoxy) is 1. The highest BCUT2D eigenvalue weighted by Gasteiger charge is 2.18. The van der Waals surface area contributed by atoms with Gasteiger partial charge >= 0.3 is 0 Å². The number of carbonyl (C=O) groups is 2. The minimum absolute atomic E-state index is 0.222. The van der Waals surface area contributed by atoms with E-state index in [1.54, 1.807) is 19.1 Å². The standard InChI is InChI=1S/C12H16ClN3O3/c1-6-3-9(10(19-2)4-7(6)13)16-12(18)8(14)5-11(15)17/h3-4,8H,5,14H2,1-2H3,(H2,15,17)(H,16,18). The molecule has 1 aromatic rings. The van der Waals surface area contributed by atoms with Gasteiger partial charge in [-0.3, -0.25) is 9.59 Å². The third kappa shape index (κ3) is 4.11. The fourth-order valence-electron chi connectivity index (χ4n) is 1.46. The molecule has 0 fully saturated rings. The van der Waals surface area contributed by atoms with Gasteiger partial charge < -0.3 is 21.5 Å². The molecule has 0 heterocycles. The van der Waals surface area contributed by atoms with Crippen LogP contribution < -0.4 is 21.5 Å². The van der Waals surface area contributed by atoms with E-state index in [1.807, 2.05) is 0 Å². The van der Waals surface area contributed by atoms with E-state index >= 15 is 0 Å². The molecule has 104 valence electrons. The third-order valence-electron chi connectivity index (χ3n) is 2.50. The van der Waals surface area contributed by atoms with Gasteiger partial charge in [-0.15, -0.1) is 0 Å². The van der Waals surface area contributed by atoms with Gasteiger partial charge in [-0.05, 0) is 18.6 Å². The van der Waals surface area contributed by atoms with E-state index in [2.05, 4.69) is 5.32 Å². The zero-order valence-corrected chi connectivity index (χ0v) is 11.5. The molecule has 0 aromatic heterocycles. The Morgan fingerprint density at radius 2 is 2.11 bits per heavy atom. The summed E-state index contributed by atoms with van der Waals surface area (Å²) in [5, 5.41) is 3.10. The Balaban J connectivity index is 2.90. The number of anilines is 1. The van der Waals surface area contributed by atoms with Gasteiger partial charge in [0.1, 0.15) is 5.75 Å². The van der Waals surface area contributed by atoms with Crippen LogP contribution in [0.2, 0.25) is 5.02 Å². The van der Waals surface area contributed by atoms with Crippen molar-refractivity contribution in [3.8, 4) is 5.75 Å². The lowest BCUT2D eigenvalue weighted by Gasteiger charge is -2.14. The van der Waals surface area contributed by atoms with Crippen LogP contribution in [0.5, 0.6) is 5.75 Å². The van der Waals surface area contributed by atoms with Gasteiger partial charge in [0.05, 0.1) is 25.3 Å². The Morgan fingerprint density at radius 1 is 1.47 bits per heavy atom. The van der Waals surface area contributed by atoms with E-state index in [0.29, 0.717) is 16.5 Å². The number of hydrogen-bond donors (Lipinski definition) is 3. The van der Waals surface area contributed by atoms with Crippen LogP contribution in [0.1, 0.15) is 12.0 Å². The van der Waals surface area contributed by atoms with E-state index in [9.17, 15) is 9.59 Å². The van der Waals surface area contributed by atoms with Crippen LogP contribution in [-0.4, -0.2) is 25.0 Å². The molecule has 5 N–H and O–H groups in total. The largest absolute Gasteiger partial charge is 0.495 e. The van der Waals surface area contributed by atoms with Gasteiger partial charge in [-0.1, -0.05) is 11.6 Å². The first kappa shape index (κ1) is 15.3. The zero-order valence-electron chi connectivity index (χ0n) is 10.7. The molecule has 0 saturated heterocycles. The van der Waals surface area contributed by atoms with Crippen molar-refractivity contribution >= 4 is 29.1 Å². The van der Waals surface area contributed by atoms with Crippen molar-refractivity contribution in [2.24, 2.45) is 11.5 Å². The van der Waals surface area contributed by atoms with Crippen molar-refractivity contribution in [1.82, 2.24) is 0 Å². The smallest absolute Gasteiger partial charge is 0.241 e. The summed E-state index contributed by atoms with van der Waals surface area (Å²) in [6.45, 7) is 1.79. The van der Waals surface area contributed by atoms with Crippen LogP contribution in [0.25, 0.3) is 0 Å². The quantitative estimate of drug-likeness (QED) is 0.743. The number of aryl methyl sites for hydroxylation is 1. The van der Waals surface area contributed by atoms with Crippen molar-refractivity contribution < 1.29 is 14.3 Å². The highest BCUT2D eigenvalue weighted by atomic mass is 35.5. The molecule has 0 aliphatic carbocycles. The molecular formula is C12H16ClN3O3. The van der Waals surface area contributed by atoms with Crippen molar-refractivity contribution in [3.63, 3.8) is 0 Å². The summed E-state index contributed by atoms with van der Waals surface area (Å²) in [5.41, 5.74) is 11.7. The fraction of sp³-hybridized carbons (Fsp3) is 0.333. The van der Waals surface area contributed by atoms with Crippen LogP contribution in [0.4, 0.5) is 5.69 Å². The summed E-state index contributed by atoms with van der Waals surface area (Å²) >= 11 is 5.95. The Hall–Kier alpha value is -1.79. The summed E-state index contributed by atoms with van der Waals surface area (Å²) in [7, 11) is 1.46. The van der Waals surface area contributed by atoms with Gasteiger partial charge in [-0.25, -0.2) is 0 Å². The number of nitrogens with one attached hydrogen (secondary N) is 1. The molecule has 0 radical (unpaired) electrons. The van der Waals surface area contributed by atoms with Crippen molar-refractivity contribution in [3.05, 3.63) is 22.7 Å². The van der Waals surface area contributed by atoms with Crippen LogP contribution in [-0.2, 0) is 9.59 Å². The SMILES string of the molecule is COc1cc(Cl)c(C)cc1NC(=O)C(N)CC(N)=O. The first-order valence-electron chi connectivity index (χ1n) is 5.54. The molecule has 1 aromatic carbocycles. The molecule has 2 amide bonds. The van der Waals surface area contributed by atoms with E-state index < -0.39 is 17.9 Å². The lowest BCUT2D eigenvalue weighted by atomic mass is 10.1. The van der Waals surface area contributed by atoms with E-state index in [0.717, 1.165) is 5.56 Å². The van der Waals surface area contributed by atoms with E-state index in [-0.39, 0.29) is 6.42 Å². The number of rotatable bonds is 5. The highest BCUT2D eigenvalue weighted by molar-refractivity contribution is 6.31. The molecule has 0 spiro atoms. The number of primary amides is 1. The Bertz CT molecular complexity index is 505. The number of amides is 2. The number of nitrogens with two attached hydrogens (primary N) is 2. The fourth-order valence-corrected chi connectivity index (χ4v) is 1.62. The average Bonchev–Trinajstić information content (AvgIpc) is 2.32. The second-order valence-electron chi connectivity index (χ2n) is 4.07. The van der Waals surface area contributed by atoms with Crippen LogP contribution in [0.3, 0.4) is 0 Å². The predicted molar refractivity (Wildman–Crippen MR) is 73.2 cm³/mol. The van der Waals surface area contributed by atoms with Crippen LogP contribution in [0.15, 0.2) is 12.1 Å². The Kier molecular flexibility index (Phi) is 5.14. The molecule has 6 nitrogen and oxygen atoms in total. The maximum absolute atomic E-state index is 11.8. The number of halogens is 1. The molecule has 19 heavy (non-hydrogen) atoms. The van der Waals surface area contributed by atoms with E-state index in [4.69, 9.17) is 27.8 Å². The van der Waals surface area contributed by atoms with Gasteiger partial charge in [0.2, 0.25) is 11.8 Å². The minimum Gasteiger partial charge on any atom is -0.495 e. The molecule has 1 atom stereocenters. The number of benzene rings is 1. The second-order valence-corrected chi connectivity index (χ2v) is 4.48. The summed E-state index contributed by atoms with van der Waals surface area (Å²) in [5.74, 6) is -0.740. The van der Waals surface area contributed by atoms with Gasteiger partial charge in [0.25, 0.3) is 0 Å². The summed E-state index contributed by atoms with van der Waals surface area (Å²) < 4.78 is 5.11. The molecule has 0 bridgehead atoms. The Labute approximate surface area is 116 Å². The van der Waals surface area contributed by atoms with Gasteiger partial charge in [0, 0.05) is 11.1 Å². The van der Waals surface area contributed by atoms with Crippen LogP contribution in [0, 0.1) is 6.92 Å². The lowest BCUT2D eigenvalue weighted by molar-refractivity contribution is -0.123. The lowest BCUT2D eigenvalue weighted by Crippen LogP contribution is -2.39. The number of hydrogen-bond acceptors (Lipinski definition) is 4. The maximum Gasteiger partial charge on any atom is 0.241 e. The normalized spacial score (nSPS) is 11.8. The molecule has 0 saturated carbocycles. The monoisotopic (exact) mass is 285 g/mol. The Morgan fingerprint density at radius 3 is 2.63 bits per heavy atom. The molecule has 1 unspecified atom stereocenters. The van der Waals surface area contributed by atoms with Crippen molar-refractivity contribution in [2.75, 3.05) is 12.4 Å². The van der Waals surface area contributed by atoms with Gasteiger partial charge in [0.15, 0.2) is 0 Å². The molecular weight excluding hydrogens is 270 g/mol. The topological polar surface area (TPSA) is 107 Å². The van der Waals surface area contributed by atoms with Crippen molar-refractivity contribution in [2.45, 2.75) is 19.4 Å². The minimum atomic E-state index is -1.00. The molecule has 1 rings (SSSR count). The van der Waals surface area contributed by atoms with Gasteiger partial charge in [-0.2, -0.15) is 0 Å². The predicted octanol–water partition coefficient (Wildman–Crippen LogP) is 0.798. The van der Waals surface area contributed by atoms with E-state index in [1.165, 1.54) is 7.11 Å². The summed E-state index contributed by atoms with van der Waals surface area (Å²) in [6, 6.07) is 2.25. The first-order valence-corrected chi connectivity index (χ1v) is 5.91. The van der Waals surface area contributed by atoms with Crippen molar-refractivity contribution in [1.29, 1.82) is 0 Å². The zero-order chi connectivity index (χ0) is 14.6. The second kappa shape index (κ2) is 6.40. The third-order valence-corrected chi connectivity index (χ3v) is 2.90. The summed E-state index contributed by atoms with van der Waals surface area (Å²) in [6.07, 6.45) is -0.222.